The largest absolute Gasteiger partial charge is 0.462 e. The Balaban J connectivity index is 1.65. The highest BCUT2D eigenvalue weighted by Gasteiger charge is 2.63. The molecule has 0 aromatic rings. The molecule has 0 N–H and O–H groups in total. The molecule has 0 unspecified atom stereocenters. The molecule has 4 aliphatic rings. The summed E-state index contributed by atoms with van der Waals surface area (Å²) in [6, 6.07) is 0. The third-order valence-electron chi connectivity index (χ3n) is 5.91. The van der Waals surface area contributed by atoms with E-state index in [1.54, 1.807) is 0 Å². The maximum absolute atomic E-state index is 12.3. The summed E-state index contributed by atoms with van der Waals surface area (Å²) in [7, 11) is 0. The zero-order chi connectivity index (χ0) is 17.2. The molecular formula is C17H22O7. The molecule has 0 spiro atoms. The van der Waals surface area contributed by atoms with E-state index in [0.29, 0.717) is 19.3 Å². The number of carbonyl (C=O) groups excluding carboxylic acids is 3. The number of hydrogen-bond acceptors (Lipinski definition) is 7. The van der Waals surface area contributed by atoms with Crippen LogP contribution in [0.25, 0.3) is 0 Å². The van der Waals surface area contributed by atoms with E-state index in [4.69, 9.17) is 18.9 Å². The second-order valence-electron chi connectivity index (χ2n) is 7.69. The Kier molecular flexibility index (Phi) is 3.43. The van der Waals surface area contributed by atoms with Gasteiger partial charge in [-0.15, -0.1) is 0 Å². The van der Waals surface area contributed by atoms with E-state index in [9.17, 15) is 14.4 Å². The fourth-order valence-corrected chi connectivity index (χ4v) is 4.67. The average molecular weight is 338 g/mol. The van der Waals surface area contributed by atoms with Crippen molar-refractivity contribution in [2.45, 2.75) is 70.1 Å². The summed E-state index contributed by atoms with van der Waals surface area (Å²) in [4.78, 5) is 35.7. The molecule has 0 aromatic heterocycles. The molecule has 1 aliphatic carbocycles. The van der Waals surface area contributed by atoms with Gasteiger partial charge in [-0.25, -0.2) is 0 Å². The van der Waals surface area contributed by atoms with Crippen LogP contribution in [0.1, 0.15) is 40.0 Å². The van der Waals surface area contributed by atoms with Crippen molar-refractivity contribution in [1.82, 2.24) is 0 Å². The van der Waals surface area contributed by atoms with Crippen LogP contribution >= 0.6 is 0 Å². The molecular weight excluding hydrogens is 316 g/mol. The van der Waals surface area contributed by atoms with Gasteiger partial charge >= 0.3 is 17.9 Å². The maximum Gasteiger partial charge on any atom is 0.309 e. The van der Waals surface area contributed by atoms with Crippen LogP contribution in [0.2, 0.25) is 0 Å². The third kappa shape index (κ3) is 2.41. The van der Waals surface area contributed by atoms with Gasteiger partial charge in [0.15, 0.2) is 0 Å². The number of esters is 3. The number of fused-ring (bicyclic) bond motifs is 5. The van der Waals surface area contributed by atoms with E-state index in [2.05, 4.69) is 0 Å². The van der Waals surface area contributed by atoms with Crippen molar-refractivity contribution in [3.8, 4) is 0 Å². The van der Waals surface area contributed by atoms with Crippen LogP contribution in [-0.4, -0.2) is 47.9 Å². The zero-order valence-electron chi connectivity index (χ0n) is 14.0. The van der Waals surface area contributed by atoms with Gasteiger partial charge in [0.1, 0.15) is 24.4 Å². The van der Waals surface area contributed by atoms with Crippen molar-refractivity contribution in [3.05, 3.63) is 0 Å². The van der Waals surface area contributed by atoms with Gasteiger partial charge in [0.25, 0.3) is 0 Å². The first-order chi connectivity index (χ1) is 11.3. The summed E-state index contributed by atoms with van der Waals surface area (Å²) < 4.78 is 22.4. The minimum Gasteiger partial charge on any atom is -0.462 e. The summed E-state index contributed by atoms with van der Waals surface area (Å²) in [6.07, 6.45) is 0.0322. The fraction of sp³-hybridized carbons (Fsp3) is 0.824. The minimum absolute atomic E-state index is 0.140. The lowest BCUT2D eigenvalue weighted by Crippen LogP contribution is -2.37. The van der Waals surface area contributed by atoms with Gasteiger partial charge in [-0.05, 0) is 13.3 Å². The van der Waals surface area contributed by atoms with E-state index in [1.165, 1.54) is 6.92 Å². The lowest BCUT2D eigenvalue weighted by atomic mass is 9.78. The Hall–Kier alpha value is -1.63. The number of epoxide rings is 1. The molecule has 132 valence electrons. The molecule has 7 heteroatoms. The zero-order valence-corrected chi connectivity index (χ0v) is 14.0. The van der Waals surface area contributed by atoms with E-state index < -0.39 is 17.7 Å². The van der Waals surface area contributed by atoms with Crippen molar-refractivity contribution in [2.75, 3.05) is 0 Å². The predicted molar refractivity (Wildman–Crippen MR) is 78.6 cm³/mol. The van der Waals surface area contributed by atoms with Gasteiger partial charge in [-0.3, -0.25) is 14.4 Å². The van der Waals surface area contributed by atoms with Crippen LogP contribution in [0.15, 0.2) is 0 Å². The van der Waals surface area contributed by atoms with Gasteiger partial charge in [0, 0.05) is 25.7 Å². The molecule has 0 aromatic carbocycles. The second-order valence-corrected chi connectivity index (χ2v) is 7.69. The highest BCUT2D eigenvalue weighted by Crippen LogP contribution is 2.51. The monoisotopic (exact) mass is 338 g/mol. The molecule has 2 bridgehead atoms. The normalized spacial score (nSPS) is 49.5. The first-order valence-corrected chi connectivity index (χ1v) is 8.54. The van der Waals surface area contributed by atoms with Crippen LogP contribution in [0.4, 0.5) is 0 Å². The number of carbonyl (C=O) groups is 3. The molecule has 24 heavy (non-hydrogen) atoms. The van der Waals surface area contributed by atoms with Gasteiger partial charge in [-0.1, -0.05) is 6.92 Å². The minimum atomic E-state index is -0.507. The van der Waals surface area contributed by atoms with Crippen LogP contribution in [0.5, 0.6) is 0 Å². The molecule has 0 radical (unpaired) electrons. The van der Waals surface area contributed by atoms with Gasteiger partial charge < -0.3 is 18.9 Å². The Labute approximate surface area is 139 Å². The Bertz CT molecular complexity index is 602. The average Bonchev–Trinajstić information content (AvgIpc) is 2.89. The molecule has 1 saturated carbocycles. The molecule has 7 nitrogen and oxygen atoms in total. The molecule has 3 heterocycles. The van der Waals surface area contributed by atoms with Crippen LogP contribution in [-0.2, 0) is 33.3 Å². The molecule has 3 aliphatic heterocycles. The molecule has 0 amide bonds. The SMILES string of the molecule is CC(=O)O[C@@H]1C[C@H]2C[C@H](OC2=O)[C@H]2[C@H](C)C(=O)O[C@@H]2C[C@@]2(C)O[C@@H]12. The van der Waals surface area contributed by atoms with Gasteiger partial charge in [0.2, 0.25) is 0 Å². The van der Waals surface area contributed by atoms with E-state index in [-0.39, 0.29) is 48.0 Å². The van der Waals surface area contributed by atoms with E-state index in [1.807, 2.05) is 13.8 Å². The summed E-state index contributed by atoms with van der Waals surface area (Å²) >= 11 is 0. The third-order valence-corrected chi connectivity index (χ3v) is 5.91. The van der Waals surface area contributed by atoms with Crippen molar-refractivity contribution in [3.63, 3.8) is 0 Å². The smallest absolute Gasteiger partial charge is 0.309 e. The van der Waals surface area contributed by atoms with Crippen LogP contribution < -0.4 is 0 Å². The highest BCUT2D eigenvalue weighted by atomic mass is 16.6. The fourth-order valence-electron chi connectivity index (χ4n) is 4.67. The van der Waals surface area contributed by atoms with Crippen molar-refractivity contribution < 1.29 is 33.3 Å². The van der Waals surface area contributed by atoms with Crippen molar-refractivity contribution in [2.24, 2.45) is 17.8 Å². The molecule has 3 saturated heterocycles. The summed E-state index contributed by atoms with van der Waals surface area (Å²) in [5.74, 6) is -1.70. The van der Waals surface area contributed by atoms with E-state index >= 15 is 0 Å². The summed E-state index contributed by atoms with van der Waals surface area (Å²) in [5.41, 5.74) is -0.507. The Morgan fingerprint density at radius 2 is 1.88 bits per heavy atom. The number of ether oxygens (including phenoxy) is 4. The van der Waals surface area contributed by atoms with Crippen molar-refractivity contribution in [1.29, 1.82) is 0 Å². The second kappa shape index (κ2) is 5.18. The maximum atomic E-state index is 12.3. The highest BCUT2D eigenvalue weighted by molar-refractivity contribution is 5.77. The first-order valence-electron chi connectivity index (χ1n) is 8.54. The Morgan fingerprint density at radius 3 is 2.58 bits per heavy atom. The number of hydrogen-bond donors (Lipinski definition) is 0. The van der Waals surface area contributed by atoms with Gasteiger partial charge in [-0.2, -0.15) is 0 Å². The Morgan fingerprint density at radius 1 is 1.17 bits per heavy atom. The van der Waals surface area contributed by atoms with Crippen molar-refractivity contribution >= 4 is 17.9 Å². The summed E-state index contributed by atoms with van der Waals surface area (Å²) in [6.45, 7) is 5.12. The summed E-state index contributed by atoms with van der Waals surface area (Å²) in [5, 5.41) is 0. The topological polar surface area (TPSA) is 91.4 Å². The van der Waals surface area contributed by atoms with E-state index in [0.717, 1.165) is 0 Å². The van der Waals surface area contributed by atoms with Crippen LogP contribution in [0, 0.1) is 17.8 Å². The quantitative estimate of drug-likeness (QED) is 0.400. The predicted octanol–water partition coefficient (Wildman–Crippen LogP) is 0.979. The molecule has 4 fully saturated rings. The molecule has 8 atom stereocenters. The first kappa shape index (κ1) is 15.9. The molecule has 4 rings (SSSR count). The van der Waals surface area contributed by atoms with Crippen LogP contribution in [0.3, 0.4) is 0 Å². The lowest BCUT2D eigenvalue weighted by molar-refractivity contribution is -0.152. The lowest BCUT2D eigenvalue weighted by Gasteiger charge is -2.27. The number of rotatable bonds is 1. The standard InChI is InChI=1S/C17H22O7/c1-7-13-10-4-9(16(20)22-10)5-11(21-8(2)18)14-17(3,24-14)6-12(13)23-15(7)19/h7,9-14H,4-6H2,1-3H3/t7-,9+,10-,11+,12+,13+,14-,17+/m0/s1. The van der Waals surface area contributed by atoms with Gasteiger partial charge in [0.05, 0.1) is 17.4 Å².